The van der Waals surface area contributed by atoms with Crippen molar-refractivity contribution in [1.29, 1.82) is 0 Å². The van der Waals surface area contributed by atoms with Crippen LogP contribution in [0.25, 0.3) is 0 Å². The maximum atomic E-state index is 13.1. The molecule has 4 nitrogen and oxygen atoms in total. The maximum Gasteiger partial charge on any atom is 0.170 e. The number of nitrogens with zero attached hydrogens (tertiary/aromatic N) is 1. The molecule has 0 saturated carbocycles. The van der Waals surface area contributed by atoms with Gasteiger partial charge in [-0.05, 0) is 64.9 Å². The van der Waals surface area contributed by atoms with Crippen molar-refractivity contribution in [2.45, 2.75) is 13.5 Å². The van der Waals surface area contributed by atoms with Crippen molar-refractivity contribution in [3.8, 4) is 0 Å². The minimum absolute atomic E-state index is 0.0886. The highest BCUT2D eigenvalue weighted by Gasteiger charge is 2.05. The third-order valence-corrected chi connectivity index (χ3v) is 4.04. The van der Waals surface area contributed by atoms with Gasteiger partial charge in [-0.3, -0.25) is 0 Å². The summed E-state index contributed by atoms with van der Waals surface area (Å²) in [6.45, 7) is 2.57. The number of oxime groups is 1. The second kappa shape index (κ2) is 6.75. The van der Waals surface area contributed by atoms with Crippen LogP contribution in [0.5, 0.6) is 0 Å². The van der Waals surface area contributed by atoms with Gasteiger partial charge in [-0.25, -0.2) is 4.39 Å². The zero-order valence-corrected chi connectivity index (χ0v) is 13.6. The van der Waals surface area contributed by atoms with Crippen molar-refractivity contribution >= 4 is 34.1 Å². The smallest absolute Gasteiger partial charge is 0.170 e. The fourth-order valence-corrected chi connectivity index (χ4v) is 2.60. The van der Waals surface area contributed by atoms with Crippen LogP contribution in [0.3, 0.4) is 0 Å². The van der Waals surface area contributed by atoms with Crippen molar-refractivity contribution in [3.05, 3.63) is 62.5 Å². The first-order valence-corrected chi connectivity index (χ1v) is 7.35. The number of benzene rings is 2. The third kappa shape index (κ3) is 3.84. The van der Waals surface area contributed by atoms with Crippen molar-refractivity contribution < 1.29 is 9.60 Å². The van der Waals surface area contributed by atoms with Crippen LogP contribution < -0.4 is 11.1 Å². The molecule has 0 heterocycles. The van der Waals surface area contributed by atoms with Gasteiger partial charge in [0, 0.05) is 21.4 Å². The van der Waals surface area contributed by atoms with Crippen LogP contribution in [-0.4, -0.2) is 11.0 Å². The van der Waals surface area contributed by atoms with Crippen molar-refractivity contribution in [1.82, 2.24) is 0 Å². The van der Waals surface area contributed by atoms with E-state index in [1.54, 1.807) is 12.1 Å². The summed E-state index contributed by atoms with van der Waals surface area (Å²) < 4.78 is 13.9. The molecule has 2 aromatic carbocycles. The minimum atomic E-state index is -0.246. The van der Waals surface area contributed by atoms with Crippen LogP contribution in [0.4, 0.5) is 10.1 Å². The van der Waals surface area contributed by atoms with Crippen molar-refractivity contribution in [3.63, 3.8) is 0 Å². The average Bonchev–Trinajstić information content (AvgIpc) is 2.46. The molecule has 6 heteroatoms. The first kappa shape index (κ1) is 15.6. The van der Waals surface area contributed by atoms with E-state index in [4.69, 9.17) is 10.9 Å². The van der Waals surface area contributed by atoms with Gasteiger partial charge >= 0.3 is 0 Å². The topological polar surface area (TPSA) is 70.6 Å². The predicted molar refractivity (Wildman–Crippen MR) is 90.1 cm³/mol. The van der Waals surface area contributed by atoms with Gasteiger partial charge < -0.3 is 16.3 Å². The first-order chi connectivity index (χ1) is 10.0. The molecule has 21 heavy (non-hydrogen) atoms. The van der Waals surface area contributed by atoms with Crippen LogP contribution in [0.2, 0.25) is 0 Å². The summed E-state index contributed by atoms with van der Waals surface area (Å²) in [6, 6.07) is 10.2. The van der Waals surface area contributed by atoms with Gasteiger partial charge in [0.1, 0.15) is 5.82 Å². The minimum Gasteiger partial charge on any atom is -0.409 e. The van der Waals surface area contributed by atoms with Gasteiger partial charge in [0.05, 0.1) is 0 Å². The van der Waals surface area contributed by atoms with E-state index in [-0.39, 0.29) is 11.7 Å². The van der Waals surface area contributed by atoms with E-state index in [1.807, 2.05) is 19.1 Å². The summed E-state index contributed by atoms with van der Waals surface area (Å²) in [7, 11) is 0. The third-order valence-electron chi connectivity index (χ3n) is 3.15. The number of anilines is 1. The number of amidine groups is 1. The molecule has 2 aromatic rings. The molecule has 0 unspecified atom stereocenters. The van der Waals surface area contributed by atoms with E-state index in [9.17, 15) is 4.39 Å². The molecule has 0 atom stereocenters. The molecule has 2 rings (SSSR count). The summed E-state index contributed by atoms with van der Waals surface area (Å²) in [4.78, 5) is 0. The maximum absolute atomic E-state index is 13.1. The van der Waals surface area contributed by atoms with E-state index in [0.717, 1.165) is 20.4 Å². The van der Waals surface area contributed by atoms with Gasteiger partial charge in [-0.1, -0.05) is 17.3 Å². The standard InChI is InChI=1S/C15H15FIN3O/c1-9-6-10(15(18)20-21)2-3-11(9)8-19-14-5-4-12(16)7-13(14)17/h2-7,19,21H,8H2,1H3,(H2,18,20). The molecule has 0 bridgehead atoms. The average molecular weight is 399 g/mol. The highest BCUT2D eigenvalue weighted by molar-refractivity contribution is 14.1. The van der Waals surface area contributed by atoms with E-state index in [2.05, 4.69) is 33.1 Å². The molecule has 0 aliphatic rings. The normalized spacial score (nSPS) is 11.5. The number of aryl methyl sites for hydroxylation is 1. The van der Waals surface area contributed by atoms with Gasteiger partial charge in [-0.15, -0.1) is 0 Å². The Morgan fingerprint density at radius 2 is 2.10 bits per heavy atom. The lowest BCUT2D eigenvalue weighted by atomic mass is 10.0. The molecule has 0 amide bonds. The Morgan fingerprint density at radius 1 is 1.33 bits per heavy atom. The molecular formula is C15H15FIN3O. The lowest BCUT2D eigenvalue weighted by Gasteiger charge is -2.12. The zero-order valence-electron chi connectivity index (χ0n) is 11.4. The Morgan fingerprint density at radius 3 is 2.71 bits per heavy atom. The van der Waals surface area contributed by atoms with E-state index in [1.165, 1.54) is 12.1 Å². The lowest BCUT2D eigenvalue weighted by molar-refractivity contribution is 0.318. The number of hydrogen-bond donors (Lipinski definition) is 3. The van der Waals surface area contributed by atoms with Crippen molar-refractivity contribution in [2.24, 2.45) is 10.9 Å². The van der Waals surface area contributed by atoms with Gasteiger partial charge in [0.2, 0.25) is 0 Å². The number of hydrogen-bond acceptors (Lipinski definition) is 3. The summed E-state index contributed by atoms with van der Waals surface area (Å²) >= 11 is 2.09. The Labute approximate surface area is 136 Å². The van der Waals surface area contributed by atoms with Crippen LogP contribution in [0.15, 0.2) is 41.6 Å². The number of nitrogens with one attached hydrogen (secondary N) is 1. The monoisotopic (exact) mass is 399 g/mol. The Balaban J connectivity index is 2.13. The highest BCUT2D eigenvalue weighted by atomic mass is 127. The van der Waals surface area contributed by atoms with E-state index >= 15 is 0 Å². The molecule has 0 aliphatic heterocycles. The second-order valence-electron chi connectivity index (χ2n) is 4.60. The Hall–Kier alpha value is -1.83. The molecule has 0 spiro atoms. The zero-order chi connectivity index (χ0) is 15.4. The van der Waals surface area contributed by atoms with Crippen LogP contribution in [0, 0.1) is 16.3 Å². The summed E-state index contributed by atoms with van der Waals surface area (Å²) in [6.07, 6.45) is 0. The number of rotatable bonds is 4. The second-order valence-corrected chi connectivity index (χ2v) is 5.77. The molecule has 0 saturated heterocycles. The lowest BCUT2D eigenvalue weighted by Crippen LogP contribution is -2.13. The van der Waals surface area contributed by atoms with Crippen molar-refractivity contribution in [2.75, 3.05) is 5.32 Å². The SMILES string of the molecule is Cc1cc(/C(N)=N/O)ccc1CNc1ccc(F)cc1I. The molecule has 4 N–H and O–H groups in total. The summed E-state index contributed by atoms with van der Waals surface area (Å²) in [5, 5.41) is 14.9. The van der Waals surface area contributed by atoms with Gasteiger partial charge in [0.15, 0.2) is 5.84 Å². The number of nitrogens with two attached hydrogens (primary N) is 1. The first-order valence-electron chi connectivity index (χ1n) is 6.27. The molecule has 0 aliphatic carbocycles. The van der Waals surface area contributed by atoms with Crippen LogP contribution in [-0.2, 0) is 6.54 Å². The van der Waals surface area contributed by atoms with Crippen LogP contribution in [0.1, 0.15) is 16.7 Å². The molecule has 110 valence electrons. The number of halogens is 2. The Bertz CT molecular complexity index is 689. The van der Waals surface area contributed by atoms with Crippen LogP contribution >= 0.6 is 22.6 Å². The van der Waals surface area contributed by atoms with Gasteiger partial charge in [-0.2, -0.15) is 0 Å². The summed E-state index contributed by atoms with van der Waals surface area (Å²) in [5.74, 6) is -0.157. The molecular weight excluding hydrogens is 384 g/mol. The van der Waals surface area contributed by atoms with E-state index in [0.29, 0.717) is 12.1 Å². The Kier molecular flexibility index (Phi) is 5.00. The fourth-order valence-electron chi connectivity index (χ4n) is 1.93. The van der Waals surface area contributed by atoms with E-state index < -0.39 is 0 Å². The largest absolute Gasteiger partial charge is 0.409 e. The summed E-state index contributed by atoms with van der Waals surface area (Å²) in [5.41, 5.74) is 9.24. The fraction of sp³-hybridized carbons (Fsp3) is 0.133. The quantitative estimate of drug-likeness (QED) is 0.243. The highest BCUT2D eigenvalue weighted by Crippen LogP contribution is 2.20. The molecule has 0 aromatic heterocycles. The molecule has 0 fully saturated rings. The van der Waals surface area contributed by atoms with Gasteiger partial charge in [0.25, 0.3) is 0 Å². The predicted octanol–water partition coefficient (Wildman–Crippen LogP) is 3.45. The molecule has 0 radical (unpaired) electrons.